The number of nitrogens with one attached hydrogen (secondary N) is 1. The Labute approximate surface area is 135 Å². The molecule has 0 radical (unpaired) electrons. The summed E-state index contributed by atoms with van der Waals surface area (Å²) < 4.78 is 41.2. The number of benzene rings is 1. The molecule has 0 aliphatic rings. The van der Waals surface area contributed by atoms with E-state index in [0.717, 1.165) is 11.1 Å². The molecule has 0 atom stereocenters. The quantitative estimate of drug-likeness (QED) is 0.766. The molecular weight excluding hydrogens is 321 g/mol. The molecule has 0 aliphatic carbocycles. The average molecular weight is 334 g/mol. The van der Waals surface area contributed by atoms with Crippen molar-refractivity contribution in [3.05, 3.63) is 54.5 Å². The van der Waals surface area contributed by atoms with E-state index in [4.69, 9.17) is 5.73 Å². The number of ether oxygens (including phenoxy) is 1. The molecular formula is C16H13F3N4O. The molecule has 2 heterocycles. The van der Waals surface area contributed by atoms with Crippen LogP contribution in [0, 0.1) is 0 Å². The minimum Gasteiger partial charge on any atom is -0.406 e. The molecule has 0 spiro atoms. The van der Waals surface area contributed by atoms with Gasteiger partial charge in [-0.3, -0.25) is 10.1 Å². The van der Waals surface area contributed by atoms with Gasteiger partial charge in [-0.1, -0.05) is 12.1 Å². The second-order valence-electron chi connectivity index (χ2n) is 4.94. The topological polar surface area (TPSA) is 76.8 Å². The predicted molar refractivity (Wildman–Crippen MR) is 81.8 cm³/mol. The van der Waals surface area contributed by atoms with Crippen LogP contribution in [0.25, 0.3) is 22.4 Å². The third-order valence-corrected chi connectivity index (χ3v) is 3.36. The smallest absolute Gasteiger partial charge is 0.406 e. The van der Waals surface area contributed by atoms with Gasteiger partial charge in [0.15, 0.2) is 0 Å². The summed E-state index contributed by atoms with van der Waals surface area (Å²) in [5.74, 6) is -0.307. The molecule has 0 fully saturated rings. The Balaban J connectivity index is 2.08. The standard InChI is InChI=1S/C16H13F3N4O/c17-16(18,19)24-12-3-1-2-11(8-12)15-14(13(9-20)22-23-15)10-4-6-21-7-5-10/h1-8H,9,20H2,(H,22,23). The first kappa shape index (κ1) is 16.0. The van der Waals surface area contributed by atoms with Crippen molar-refractivity contribution in [2.45, 2.75) is 12.9 Å². The van der Waals surface area contributed by atoms with Crippen molar-refractivity contribution in [3.63, 3.8) is 0 Å². The highest BCUT2D eigenvalue weighted by Crippen LogP contribution is 2.35. The van der Waals surface area contributed by atoms with E-state index in [-0.39, 0.29) is 12.3 Å². The van der Waals surface area contributed by atoms with Crippen molar-refractivity contribution in [3.8, 4) is 28.1 Å². The zero-order valence-electron chi connectivity index (χ0n) is 12.3. The first-order valence-corrected chi connectivity index (χ1v) is 7.02. The monoisotopic (exact) mass is 334 g/mol. The lowest BCUT2D eigenvalue weighted by Gasteiger charge is -2.10. The largest absolute Gasteiger partial charge is 0.573 e. The van der Waals surface area contributed by atoms with Gasteiger partial charge in [-0.05, 0) is 29.8 Å². The summed E-state index contributed by atoms with van der Waals surface area (Å²) >= 11 is 0. The number of nitrogens with zero attached hydrogens (tertiary/aromatic N) is 2. The fourth-order valence-electron chi connectivity index (χ4n) is 2.40. The van der Waals surface area contributed by atoms with Gasteiger partial charge in [-0.2, -0.15) is 5.10 Å². The van der Waals surface area contributed by atoms with Gasteiger partial charge in [0.1, 0.15) is 11.4 Å². The Morgan fingerprint density at radius 3 is 2.50 bits per heavy atom. The highest BCUT2D eigenvalue weighted by atomic mass is 19.4. The molecule has 0 saturated carbocycles. The number of hydrogen-bond donors (Lipinski definition) is 2. The lowest BCUT2D eigenvalue weighted by molar-refractivity contribution is -0.274. The molecule has 5 nitrogen and oxygen atoms in total. The number of aromatic nitrogens is 3. The zero-order chi connectivity index (χ0) is 17.2. The SMILES string of the molecule is NCc1[nH]nc(-c2cccc(OC(F)(F)F)c2)c1-c1ccncc1. The normalized spacial score (nSPS) is 11.5. The van der Waals surface area contributed by atoms with Crippen LogP contribution >= 0.6 is 0 Å². The van der Waals surface area contributed by atoms with Crippen LogP contribution in [-0.4, -0.2) is 21.5 Å². The van der Waals surface area contributed by atoms with E-state index in [0.29, 0.717) is 17.0 Å². The number of H-pyrrole nitrogens is 1. The fourth-order valence-corrected chi connectivity index (χ4v) is 2.40. The van der Waals surface area contributed by atoms with E-state index in [9.17, 15) is 13.2 Å². The number of halogens is 3. The van der Waals surface area contributed by atoms with E-state index in [1.54, 1.807) is 30.6 Å². The highest BCUT2D eigenvalue weighted by molar-refractivity contribution is 5.82. The van der Waals surface area contributed by atoms with Gasteiger partial charge >= 0.3 is 6.36 Å². The minimum atomic E-state index is -4.75. The Morgan fingerprint density at radius 2 is 1.83 bits per heavy atom. The number of nitrogens with two attached hydrogens (primary N) is 1. The molecule has 2 aromatic heterocycles. The minimum absolute atomic E-state index is 0.212. The van der Waals surface area contributed by atoms with Gasteiger partial charge in [0.25, 0.3) is 0 Å². The van der Waals surface area contributed by atoms with Crippen LogP contribution < -0.4 is 10.5 Å². The van der Waals surface area contributed by atoms with E-state index in [1.807, 2.05) is 0 Å². The highest BCUT2D eigenvalue weighted by Gasteiger charge is 2.31. The maximum atomic E-state index is 12.4. The van der Waals surface area contributed by atoms with Crippen molar-refractivity contribution in [1.29, 1.82) is 0 Å². The van der Waals surface area contributed by atoms with Crippen LogP contribution in [0.2, 0.25) is 0 Å². The van der Waals surface area contributed by atoms with Gasteiger partial charge in [0.2, 0.25) is 0 Å². The fraction of sp³-hybridized carbons (Fsp3) is 0.125. The number of alkyl halides is 3. The van der Waals surface area contributed by atoms with Crippen LogP contribution in [-0.2, 0) is 6.54 Å². The average Bonchev–Trinajstić information content (AvgIpc) is 2.98. The third-order valence-electron chi connectivity index (χ3n) is 3.36. The van der Waals surface area contributed by atoms with Crippen molar-refractivity contribution in [2.75, 3.05) is 0 Å². The van der Waals surface area contributed by atoms with Gasteiger partial charge in [0, 0.05) is 30.1 Å². The van der Waals surface area contributed by atoms with Gasteiger partial charge in [-0.15, -0.1) is 13.2 Å². The molecule has 24 heavy (non-hydrogen) atoms. The number of pyridine rings is 1. The summed E-state index contributed by atoms with van der Waals surface area (Å²) in [7, 11) is 0. The Bertz CT molecular complexity index is 831. The molecule has 0 aliphatic heterocycles. The second kappa shape index (κ2) is 6.32. The Hall–Kier alpha value is -2.87. The van der Waals surface area contributed by atoms with Crippen molar-refractivity contribution in [2.24, 2.45) is 5.73 Å². The summed E-state index contributed by atoms with van der Waals surface area (Å²) in [6.07, 6.45) is -1.51. The number of rotatable bonds is 4. The third kappa shape index (κ3) is 3.38. The lowest BCUT2D eigenvalue weighted by atomic mass is 9.99. The molecule has 3 rings (SSSR count). The molecule has 0 saturated heterocycles. The van der Waals surface area contributed by atoms with Crippen LogP contribution in [0.1, 0.15) is 5.69 Å². The number of aromatic amines is 1. The molecule has 3 N–H and O–H groups in total. The van der Waals surface area contributed by atoms with Gasteiger partial charge in [-0.25, -0.2) is 0 Å². The summed E-state index contributed by atoms with van der Waals surface area (Å²) in [5, 5.41) is 7.04. The molecule has 124 valence electrons. The summed E-state index contributed by atoms with van der Waals surface area (Å²) in [6, 6.07) is 9.22. The van der Waals surface area contributed by atoms with Crippen molar-refractivity contribution in [1.82, 2.24) is 15.2 Å². The molecule has 0 amide bonds. The zero-order valence-corrected chi connectivity index (χ0v) is 12.3. The van der Waals surface area contributed by atoms with Crippen LogP contribution in [0.5, 0.6) is 5.75 Å². The van der Waals surface area contributed by atoms with Gasteiger partial charge < -0.3 is 10.5 Å². The predicted octanol–water partition coefficient (Wildman–Crippen LogP) is 3.50. The first-order valence-electron chi connectivity index (χ1n) is 7.02. The Morgan fingerprint density at radius 1 is 1.08 bits per heavy atom. The van der Waals surface area contributed by atoms with E-state index < -0.39 is 6.36 Å². The molecule has 0 unspecified atom stereocenters. The van der Waals surface area contributed by atoms with E-state index in [2.05, 4.69) is 19.9 Å². The first-order chi connectivity index (χ1) is 11.5. The summed E-state index contributed by atoms with van der Waals surface area (Å²) in [4.78, 5) is 3.96. The lowest BCUT2D eigenvalue weighted by Crippen LogP contribution is -2.17. The molecule has 8 heteroatoms. The number of hydrogen-bond acceptors (Lipinski definition) is 4. The summed E-state index contributed by atoms with van der Waals surface area (Å²) in [5.41, 5.74) is 8.93. The molecule has 1 aromatic carbocycles. The molecule has 3 aromatic rings. The second-order valence-corrected chi connectivity index (χ2v) is 4.94. The van der Waals surface area contributed by atoms with E-state index >= 15 is 0 Å². The summed E-state index contributed by atoms with van der Waals surface area (Å²) in [6.45, 7) is 0.212. The van der Waals surface area contributed by atoms with Crippen molar-refractivity contribution < 1.29 is 17.9 Å². The van der Waals surface area contributed by atoms with Crippen LogP contribution in [0.3, 0.4) is 0 Å². The van der Waals surface area contributed by atoms with Crippen molar-refractivity contribution >= 4 is 0 Å². The molecule has 0 bridgehead atoms. The van der Waals surface area contributed by atoms with E-state index in [1.165, 1.54) is 18.2 Å². The van der Waals surface area contributed by atoms with Crippen LogP contribution in [0.4, 0.5) is 13.2 Å². The van der Waals surface area contributed by atoms with Gasteiger partial charge in [0.05, 0.1) is 5.69 Å². The Kier molecular flexibility index (Phi) is 4.22. The maximum absolute atomic E-state index is 12.4. The van der Waals surface area contributed by atoms with Crippen LogP contribution in [0.15, 0.2) is 48.8 Å². The maximum Gasteiger partial charge on any atom is 0.573 e.